The van der Waals surface area contributed by atoms with Gasteiger partial charge in [0.1, 0.15) is 0 Å². The summed E-state index contributed by atoms with van der Waals surface area (Å²) in [6.07, 6.45) is -0.965. The first-order chi connectivity index (χ1) is 11.2. The van der Waals surface area contributed by atoms with Gasteiger partial charge in [-0.2, -0.15) is 0 Å². The van der Waals surface area contributed by atoms with Crippen molar-refractivity contribution in [2.45, 2.75) is 36.4 Å². The third-order valence-corrected chi connectivity index (χ3v) is 7.32. The first kappa shape index (κ1) is 17.7. The molecule has 0 bridgehead atoms. The molecular weight excluding hydrogens is 372 g/mol. The van der Waals surface area contributed by atoms with Crippen LogP contribution in [0, 0.1) is 0 Å². The molecule has 2 aromatic rings. The molecular formula is C15H17ClN2O4S2. The molecule has 0 unspecified atom stereocenters. The highest BCUT2D eigenvalue weighted by molar-refractivity contribution is 8.01. The second-order valence-corrected chi connectivity index (χ2v) is 9.92. The third kappa shape index (κ3) is 3.33. The number of sulfone groups is 1. The summed E-state index contributed by atoms with van der Waals surface area (Å²) in [4.78, 5) is 17.3. The maximum Gasteiger partial charge on any atom is 0.262 e. The molecule has 1 aromatic heterocycles. The van der Waals surface area contributed by atoms with Gasteiger partial charge in [0.25, 0.3) is 5.56 Å². The average Bonchev–Trinajstić information content (AvgIpc) is 2.70. The minimum Gasteiger partial charge on any atom is -0.391 e. The molecule has 1 aliphatic rings. The molecule has 0 saturated carbocycles. The summed E-state index contributed by atoms with van der Waals surface area (Å²) in [5.41, 5.74) is 0.256. The van der Waals surface area contributed by atoms with Crippen LogP contribution in [0.5, 0.6) is 0 Å². The van der Waals surface area contributed by atoms with E-state index in [2.05, 4.69) is 4.98 Å². The zero-order chi connectivity index (χ0) is 17.6. The number of halogens is 1. The zero-order valence-electron chi connectivity index (χ0n) is 13.1. The molecule has 24 heavy (non-hydrogen) atoms. The molecule has 6 nitrogen and oxygen atoms in total. The van der Waals surface area contributed by atoms with Gasteiger partial charge in [-0.15, -0.1) is 0 Å². The standard InChI is InChI=1S/C15H17ClN2O4S2/c1-8(2)18-14(20)10-4-3-9(16)5-11(10)17-15(18)23-13-7-24(21,22)6-12(13)19/h3-5,8,12-13,19H,6-7H2,1-2H3/t12-,13+/m1/s1. The second kappa shape index (κ2) is 6.33. The number of thioether (sulfide) groups is 1. The molecule has 130 valence electrons. The van der Waals surface area contributed by atoms with Crippen LogP contribution in [0.1, 0.15) is 19.9 Å². The lowest BCUT2D eigenvalue weighted by atomic mass is 10.2. The van der Waals surface area contributed by atoms with E-state index in [-0.39, 0.29) is 23.1 Å². The van der Waals surface area contributed by atoms with E-state index >= 15 is 0 Å². The van der Waals surface area contributed by atoms with Crippen molar-refractivity contribution in [2.24, 2.45) is 0 Å². The number of rotatable bonds is 3. The Morgan fingerprint density at radius 1 is 1.38 bits per heavy atom. The maximum absolute atomic E-state index is 12.8. The second-order valence-electron chi connectivity index (χ2n) is 6.13. The lowest BCUT2D eigenvalue weighted by Crippen LogP contribution is -2.27. The van der Waals surface area contributed by atoms with Crippen molar-refractivity contribution >= 4 is 44.1 Å². The molecule has 1 N–H and O–H groups in total. The van der Waals surface area contributed by atoms with Crippen LogP contribution in [0.15, 0.2) is 28.2 Å². The van der Waals surface area contributed by atoms with Gasteiger partial charge in [-0.25, -0.2) is 13.4 Å². The van der Waals surface area contributed by atoms with E-state index < -0.39 is 21.2 Å². The quantitative estimate of drug-likeness (QED) is 0.807. The van der Waals surface area contributed by atoms with Gasteiger partial charge in [0.15, 0.2) is 15.0 Å². The number of aliphatic hydroxyl groups excluding tert-OH is 1. The van der Waals surface area contributed by atoms with Crippen LogP contribution in [0.4, 0.5) is 0 Å². The summed E-state index contributed by atoms with van der Waals surface area (Å²) in [6.45, 7) is 3.72. The van der Waals surface area contributed by atoms with Crippen molar-refractivity contribution < 1.29 is 13.5 Å². The van der Waals surface area contributed by atoms with Crippen LogP contribution in [-0.2, 0) is 9.84 Å². The van der Waals surface area contributed by atoms with Crippen LogP contribution in [0.3, 0.4) is 0 Å². The lowest BCUT2D eigenvalue weighted by Gasteiger charge is -2.19. The number of aromatic nitrogens is 2. The minimum absolute atomic E-state index is 0.125. The van der Waals surface area contributed by atoms with Crippen molar-refractivity contribution in [3.8, 4) is 0 Å². The predicted molar refractivity (Wildman–Crippen MR) is 95.7 cm³/mol. The smallest absolute Gasteiger partial charge is 0.262 e. The molecule has 2 heterocycles. The Labute approximate surface area is 148 Å². The summed E-state index contributed by atoms with van der Waals surface area (Å²) >= 11 is 7.11. The first-order valence-corrected chi connectivity index (χ1v) is 10.5. The van der Waals surface area contributed by atoms with E-state index in [1.54, 1.807) is 18.2 Å². The fourth-order valence-electron chi connectivity index (χ4n) is 2.74. The largest absolute Gasteiger partial charge is 0.391 e. The van der Waals surface area contributed by atoms with Crippen LogP contribution in [0.25, 0.3) is 10.9 Å². The normalized spacial score (nSPS) is 23.2. The Bertz CT molecular complexity index is 956. The maximum atomic E-state index is 12.8. The minimum atomic E-state index is -3.26. The van der Waals surface area contributed by atoms with E-state index in [0.717, 1.165) is 11.8 Å². The summed E-state index contributed by atoms with van der Waals surface area (Å²) in [6, 6.07) is 4.73. The van der Waals surface area contributed by atoms with Crippen LogP contribution < -0.4 is 5.56 Å². The fraction of sp³-hybridized carbons (Fsp3) is 0.467. The molecule has 0 spiro atoms. The highest BCUT2D eigenvalue weighted by atomic mass is 35.5. The molecule has 3 rings (SSSR count). The van der Waals surface area contributed by atoms with Crippen molar-refractivity contribution in [1.29, 1.82) is 0 Å². The molecule has 1 fully saturated rings. The number of hydrogen-bond donors (Lipinski definition) is 1. The molecule has 0 amide bonds. The van der Waals surface area contributed by atoms with Gasteiger partial charge in [-0.3, -0.25) is 9.36 Å². The highest BCUT2D eigenvalue weighted by Gasteiger charge is 2.38. The van der Waals surface area contributed by atoms with Crippen LogP contribution in [0.2, 0.25) is 5.02 Å². The zero-order valence-corrected chi connectivity index (χ0v) is 15.5. The summed E-state index contributed by atoms with van der Waals surface area (Å²) < 4.78 is 24.9. The molecule has 1 saturated heterocycles. The van der Waals surface area contributed by atoms with Crippen LogP contribution in [-0.4, -0.2) is 45.9 Å². The van der Waals surface area contributed by atoms with Gasteiger partial charge in [0.05, 0.1) is 33.8 Å². The van der Waals surface area contributed by atoms with E-state index in [1.165, 1.54) is 4.57 Å². The Hall–Kier alpha value is -1.09. The number of aliphatic hydroxyl groups is 1. The lowest BCUT2D eigenvalue weighted by molar-refractivity contribution is 0.207. The van der Waals surface area contributed by atoms with Crippen molar-refractivity contribution in [2.75, 3.05) is 11.5 Å². The molecule has 1 aliphatic heterocycles. The number of benzene rings is 1. The third-order valence-electron chi connectivity index (χ3n) is 3.88. The van der Waals surface area contributed by atoms with E-state index in [0.29, 0.717) is 21.1 Å². The van der Waals surface area contributed by atoms with Gasteiger partial charge in [0, 0.05) is 11.1 Å². The highest BCUT2D eigenvalue weighted by Crippen LogP contribution is 2.31. The topological polar surface area (TPSA) is 89.3 Å². The molecule has 1 aromatic carbocycles. The van der Waals surface area contributed by atoms with Crippen molar-refractivity contribution in [3.63, 3.8) is 0 Å². The molecule has 0 radical (unpaired) electrons. The monoisotopic (exact) mass is 388 g/mol. The number of nitrogens with zero attached hydrogens (tertiary/aromatic N) is 2. The van der Waals surface area contributed by atoms with Gasteiger partial charge in [0.2, 0.25) is 0 Å². The van der Waals surface area contributed by atoms with E-state index in [9.17, 15) is 18.3 Å². The first-order valence-electron chi connectivity index (χ1n) is 7.45. The SMILES string of the molecule is CC(C)n1c(S[C@H]2CS(=O)(=O)C[C@H]2O)nc2cc(Cl)ccc2c1=O. The molecule has 9 heteroatoms. The van der Waals surface area contributed by atoms with Gasteiger partial charge in [-0.05, 0) is 32.0 Å². The van der Waals surface area contributed by atoms with Crippen molar-refractivity contribution in [3.05, 3.63) is 33.6 Å². The molecule has 0 aliphatic carbocycles. The Morgan fingerprint density at radius 3 is 2.67 bits per heavy atom. The van der Waals surface area contributed by atoms with Crippen molar-refractivity contribution in [1.82, 2.24) is 9.55 Å². The number of fused-ring (bicyclic) bond motifs is 1. The average molecular weight is 389 g/mol. The Kier molecular flexibility index (Phi) is 4.67. The Morgan fingerprint density at radius 2 is 2.08 bits per heavy atom. The predicted octanol–water partition coefficient (Wildman–Crippen LogP) is 1.88. The van der Waals surface area contributed by atoms with E-state index in [4.69, 9.17) is 11.6 Å². The fourth-order valence-corrected chi connectivity index (χ4v) is 6.61. The summed E-state index contributed by atoms with van der Waals surface area (Å²) in [5.74, 6) is -0.379. The Balaban J connectivity index is 2.12. The van der Waals surface area contributed by atoms with Gasteiger partial charge < -0.3 is 5.11 Å². The van der Waals surface area contributed by atoms with Crippen LogP contribution >= 0.6 is 23.4 Å². The summed E-state index contributed by atoms with van der Waals surface area (Å²) in [5, 5.41) is 10.8. The van der Waals surface area contributed by atoms with Gasteiger partial charge >= 0.3 is 0 Å². The van der Waals surface area contributed by atoms with Gasteiger partial charge in [-0.1, -0.05) is 23.4 Å². The number of hydrogen-bond acceptors (Lipinski definition) is 6. The van der Waals surface area contributed by atoms with E-state index in [1.807, 2.05) is 13.8 Å². The molecule has 2 atom stereocenters. The summed E-state index contributed by atoms with van der Waals surface area (Å²) in [7, 11) is -3.26.